The van der Waals surface area contributed by atoms with Crippen molar-refractivity contribution in [3.05, 3.63) is 48.0 Å². The minimum atomic E-state index is -0.0871. The van der Waals surface area contributed by atoms with Gasteiger partial charge in [0.1, 0.15) is 12.2 Å². The normalized spacial score (nSPS) is 17.3. The van der Waals surface area contributed by atoms with Crippen molar-refractivity contribution in [2.45, 2.75) is 39.3 Å². The van der Waals surface area contributed by atoms with Gasteiger partial charge in [-0.3, -0.25) is 9.69 Å². The van der Waals surface area contributed by atoms with Crippen LogP contribution in [-0.4, -0.2) is 56.7 Å². The molecule has 0 aliphatic carbocycles. The maximum absolute atomic E-state index is 12.9. The molecule has 1 fully saturated rings. The van der Waals surface area contributed by atoms with E-state index in [1.807, 2.05) is 46.8 Å². The number of rotatable bonds is 5. The Morgan fingerprint density at radius 1 is 1.16 bits per heavy atom. The topological polar surface area (TPSA) is 54.3 Å². The first-order valence-electron chi connectivity index (χ1n) is 9.11. The summed E-state index contributed by atoms with van der Waals surface area (Å²) in [6, 6.07) is 10.0. The van der Waals surface area contributed by atoms with Gasteiger partial charge >= 0.3 is 0 Å². The quantitative estimate of drug-likeness (QED) is 0.836. The SMILES string of the molecule is CCn1ncnc1CN1CCCN(C(=O)C(C)c2ccccc2)CC1. The Morgan fingerprint density at radius 3 is 2.72 bits per heavy atom. The molecule has 1 unspecified atom stereocenters. The molecule has 1 aliphatic rings. The van der Waals surface area contributed by atoms with E-state index in [4.69, 9.17) is 0 Å². The van der Waals surface area contributed by atoms with Crippen molar-refractivity contribution in [1.82, 2.24) is 24.6 Å². The molecule has 1 aromatic carbocycles. The van der Waals surface area contributed by atoms with Crippen LogP contribution in [0.2, 0.25) is 0 Å². The van der Waals surface area contributed by atoms with Gasteiger partial charge in [0.05, 0.1) is 12.5 Å². The number of hydrogen-bond acceptors (Lipinski definition) is 4. The average Bonchev–Trinajstić information content (AvgIpc) is 2.97. The molecule has 1 amide bonds. The number of aryl methyl sites for hydroxylation is 1. The van der Waals surface area contributed by atoms with E-state index < -0.39 is 0 Å². The van der Waals surface area contributed by atoms with Crippen LogP contribution in [0.5, 0.6) is 0 Å². The van der Waals surface area contributed by atoms with E-state index >= 15 is 0 Å². The van der Waals surface area contributed by atoms with Crippen LogP contribution in [0.4, 0.5) is 0 Å². The smallest absolute Gasteiger partial charge is 0.229 e. The lowest BCUT2D eigenvalue weighted by atomic mass is 10.00. The van der Waals surface area contributed by atoms with Gasteiger partial charge in [-0.15, -0.1) is 0 Å². The van der Waals surface area contributed by atoms with Crippen LogP contribution in [0.3, 0.4) is 0 Å². The van der Waals surface area contributed by atoms with E-state index in [-0.39, 0.29) is 11.8 Å². The van der Waals surface area contributed by atoms with E-state index in [1.165, 1.54) is 0 Å². The number of aromatic nitrogens is 3. The molecule has 1 saturated heterocycles. The van der Waals surface area contributed by atoms with Crippen molar-refractivity contribution in [2.75, 3.05) is 26.2 Å². The van der Waals surface area contributed by atoms with Crippen LogP contribution in [0.15, 0.2) is 36.7 Å². The molecule has 0 bridgehead atoms. The summed E-state index contributed by atoms with van der Waals surface area (Å²) in [5, 5.41) is 4.24. The van der Waals surface area contributed by atoms with Crippen molar-refractivity contribution >= 4 is 5.91 Å². The van der Waals surface area contributed by atoms with Crippen molar-refractivity contribution in [3.8, 4) is 0 Å². The number of nitrogens with zero attached hydrogens (tertiary/aromatic N) is 5. The predicted molar refractivity (Wildman–Crippen MR) is 97.0 cm³/mol. The Kier molecular flexibility index (Phi) is 5.81. The summed E-state index contributed by atoms with van der Waals surface area (Å²) < 4.78 is 1.94. The number of amides is 1. The first kappa shape index (κ1) is 17.6. The molecular weight excluding hydrogens is 314 g/mol. The lowest BCUT2D eigenvalue weighted by Crippen LogP contribution is -2.37. The van der Waals surface area contributed by atoms with Crippen LogP contribution in [0, 0.1) is 0 Å². The molecule has 0 N–H and O–H groups in total. The van der Waals surface area contributed by atoms with Gasteiger partial charge in [0, 0.05) is 32.7 Å². The van der Waals surface area contributed by atoms with Gasteiger partial charge in [0.2, 0.25) is 5.91 Å². The summed E-state index contributed by atoms with van der Waals surface area (Å²) >= 11 is 0. The summed E-state index contributed by atoms with van der Waals surface area (Å²) in [6.07, 6.45) is 2.61. The number of hydrogen-bond donors (Lipinski definition) is 0. The van der Waals surface area contributed by atoms with E-state index in [0.29, 0.717) is 0 Å². The van der Waals surface area contributed by atoms with Gasteiger partial charge in [-0.2, -0.15) is 5.10 Å². The maximum atomic E-state index is 12.9. The molecule has 0 saturated carbocycles. The summed E-state index contributed by atoms with van der Waals surface area (Å²) in [7, 11) is 0. The fourth-order valence-corrected chi connectivity index (χ4v) is 3.38. The first-order chi connectivity index (χ1) is 12.2. The zero-order chi connectivity index (χ0) is 17.6. The van der Waals surface area contributed by atoms with Gasteiger partial charge in [-0.1, -0.05) is 30.3 Å². The zero-order valence-electron chi connectivity index (χ0n) is 15.1. The standard InChI is InChI=1S/C19H27N5O/c1-3-24-18(20-15-21-24)14-22-10-7-11-23(13-12-22)19(25)16(2)17-8-5-4-6-9-17/h4-6,8-9,15-16H,3,7,10-14H2,1-2H3. The highest BCUT2D eigenvalue weighted by molar-refractivity contribution is 5.83. The summed E-state index contributed by atoms with van der Waals surface area (Å²) in [4.78, 5) is 21.6. The highest BCUT2D eigenvalue weighted by Crippen LogP contribution is 2.19. The minimum absolute atomic E-state index is 0.0871. The minimum Gasteiger partial charge on any atom is -0.341 e. The summed E-state index contributed by atoms with van der Waals surface area (Å²) in [6.45, 7) is 9.18. The van der Waals surface area contributed by atoms with Gasteiger partial charge in [0.15, 0.2) is 0 Å². The largest absolute Gasteiger partial charge is 0.341 e. The molecule has 6 nitrogen and oxygen atoms in total. The third-order valence-electron chi connectivity index (χ3n) is 4.93. The lowest BCUT2D eigenvalue weighted by molar-refractivity contribution is -0.132. The maximum Gasteiger partial charge on any atom is 0.229 e. The second-order valence-electron chi connectivity index (χ2n) is 6.58. The molecule has 1 aromatic heterocycles. The van der Waals surface area contributed by atoms with E-state index in [0.717, 1.165) is 57.1 Å². The molecule has 2 aromatic rings. The second-order valence-corrected chi connectivity index (χ2v) is 6.58. The van der Waals surface area contributed by atoms with Crippen LogP contribution in [-0.2, 0) is 17.9 Å². The Balaban J connectivity index is 1.58. The second kappa shape index (κ2) is 8.25. The number of benzene rings is 1. The zero-order valence-corrected chi connectivity index (χ0v) is 15.1. The number of carbonyl (C=O) groups excluding carboxylic acids is 1. The molecule has 25 heavy (non-hydrogen) atoms. The summed E-state index contributed by atoms with van der Waals surface area (Å²) in [5.74, 6) is 1.14. The molecule has 3 rings (SSSR count). The number of carbonyl (C=O) groups is 1. The average molecular weight is 341 g/mol. The molecule has 1 atom stereocenters. The monoisotopic (exact) mass is 341 g/mol. The highest BCUT2D eigenvalue weighted by Gasteiger charge is 2.24. The van der Waals surface area contributed by atoms with E-state index in [1.54, 1.807) is 6.33 Å². The molecular formula is C19H27N5O. The third-order valence-corrected chi connectivity index (χ3v) is 4.93. The fourth-order valence-electron chi connectivity index (χ4n) is 3.38. The van der Waals surface area contributed by atoms with Crippen molar-refractivity contribution in [1.29, 1.82) is 0 Å². The van der Waals surface area contributed by atoms with Crippen molar-refractivity contribution in [2.24, 2.45) is 0 Å². The van der Waals surface area contributed by atoms with Gasteiger partial charge in [-0.05, 0) is 25.8 Å². The Hall–Kier alpha value is -2.21. The van der Waals surface area contributed by atoms with E-state index in [2.05, 4.69) is 21.9 Å². The van der Waals surface area contributed by atoms with Gasteiger partial charge in [0.25, 0.3) is 0 Å². The molecule has 134 valence electrons. The molecule has 6 heteroatoms. The summed E-state index contributed by atoms with van der Waals surface area (Å²) in [5.41, 5.74) is 1.09. The fraction of sp³-hybridized carbons (Fsp3) is 0.526. The van der Waals surface area contributed by atoms with E-state index in [9.17, 15) is 4.79 Å². The van der Waals surface area contributed by atoms with Crippen LogP contribution < -0.4 is 0 Å². The Morgan fingerprint density at radius 2 is 1.96 bits per heavy atom. The molecule has 2 heterocycles. The highest BCUT2D eigenvalue weighted by atomic mass is 16.2. The Labute approximate surface area is 149 Å². The first-order valence-corrected chi connectivity index (χ1v) is 9.11. The van der Waals surface area contributed by atoms with Crippen LogP contribution >= 0.6 is 0 Å². The predicted octanol–water partition coefficient (Wildman–Crippen LogP) is 2.14. The third kappa shape index (κ3) is 4.25. The van der Waals surface area contributed by atoms with Crippen molar-refractivity contribution < 1.29 is 4.79 Å². The van der Waals surface area contributed by atoms with Crippen molar-refractivity contribution in [3.63, 3.8) is 0 Å². The van der Waals surface area contributed by atoms with Gasteiger partial charge in [-0.25, -0.2) is 9.67 Å². The molecule has 1 aliphatic heterocycles. The van der Waals surface area contributed by atoms with Gasteiger partial charge < -0.3 is 4.90 Å². The molecule has 0 radical (unpaired) electrons. The lowest BCUT2D eigenvalue weighted by Gasteiger charge is -2.25. The Bertz CT molecular complexity index is 684. The van der Waals surface area contributed by atoms with Crippen LogP contribution in [0.25, 0.3) is 0 Å². The van der Waals surface area contributed by atoms with Crippen LogP contribution in [0.1, 0.15) is 37.6 Å². The molecule has 0 spiro atoms.